The minimum absolute atomic E-state index is 0.362. The first-order valence-corrected chi connectivity index (χ1v) is 6.11. The molecular formula is C13H15N3OS. The number of nitrogens with zero attached hydrogens (tertiary/aromatic N) is 1. The van der Waals surface area contributed by atoms with E-state index in [-0.39, 0.29) is 0 Å². The standard InChI is InChI=1S/C13H15N3OS/c1-9-4-6-15-13(11(9)12(14)18)16-7-5-10-3-2-8-17-10/h2-4,6,8H,5,7H2,1H3,(H2,14,18)(H,15,16). The fourth-order valence-electron chi connectivity index (χ4n) is 1.76. The molecule has 0 saturated carbocycles. The van der Waals surface area contributed by atoms with Gasteiger partial charge in [0.25, 0.3) is 0 Å². The second kappa shape index (κ2) is 5.64. The van der Waals surface area contributed by atoms with E-state index in [4.69, 9.17) is 22.4 Å². The van der Waals surface area contributed by atoms with Crippen LogP contribution >= 0.6 is 12.2 Å². The molecule has 3 N–H and O–H groups in total. The van der Waals surface area contributed by atoms with Crippen LogP contribution in [-0.4, -0.2) is 16.5 Å². The Labute approximate surface area is 111 Å². The smallest absolute Gasteiger partial charge is 0.136 e. The third-order valence-electron chi connectivity index (χ3n) is 2.65. The predicted molar refractivity (Wildman–Crippen MR) is 75.8 cm³/mol. The summed E-state index contributed by atoms with van der Waals surface area (Å²) in [6, 6.07) is 5.71. The van der Waals surface area contributed by atoms with Gasteiger partial charge in [0.1, 0.15) is 16.6 Å². The molecule has 2 aromatic rings. The molecule has 2 heterocycles. The van der Waals surface area contributed by atoms with E-state index < -0.39 is 0 Å². The first kappa shape index (κ1) is 12.6. The lowest BCUT2D eigenvalue weighted by atomic mass is 10.1. The van der Waals surface area contributed by atoms with Gasteiger partial charge in [-0.2, -0.15) is 0 Å². The Morgan fingerprint density at radius 3 is 3.00 bits per heavy atom. The predicted octanol–water partition coefficient (Wildman–Crippen LogP) is 2.27. The van der Waals surface area contributed by atoms with Crippen LogP contribution in [-0.2, 0) is 6.42 Å². The van der Waals surface area contributed by atoms with Gasteiger partial charge in [-0.1, -0.05) is 12.2 Å². The van der Waals surface area contributed by atoms with E-state index in [1.165, 1.54) is 0 Å². The molecule has 94 valence electrons. The first-order chi connectivity index (χ1) is 8.68. The van der Waals surface area contributed by atoms with Crippen molar-refractivity contribution in [2.75, 3.05) is 11.9 Å². The van der Waals surface area contributed by atoms with E-state index in [0.29, 0.717) is 4.99 Å². The SMILES string of the molecule is Cc1ccnc(NCCc2ccco2)c1C(N)=S. The molecule has 0 amide bonds. The fraction of sp³-hybridized carbons (Fsp3) is 0.231. The second-order valence-electron chi connectivity index (χ2n) is 3.97. The van der Waals surface area contributed by atoms with E-state index in [0.717, 1.165) is 35.7 Å². The number of anilines is 1. The summed E-state index contributed by atoms with van der Waals surface area (Å²) in [7, 11) is 0. The van der Waals surface area contributed by atoms with Crippen LogP contribution in [0.1, 0.15) is 16.9 Å². The highest BCUT2D eigenvalue weighted by molar-refractivity contribution is 7.80. The summed E-state index contributed by atoms with van der Waals surface area (Å²) in [4.78, 5) is 4.63. The number of pyridine rings is 1. The van der Waals surface area contributed by atoms with Gasteiger partial charge in [-0.05, 0) is 30.7 Å². The average molecular weight is 261 g/mol. The average Bonchev–Trinajstić information content (AvgIpc) is 2.81. The number of thiocarbonyl (C=S) groups is 1. The second-order valence-corrected chi connectivity index (χ2v) is 4.41. The Kier molecular flexibility index (Phi) is 3.94. The molecule has 2 aromatic heterocycles. The van der Waals surface area contributed by atoms with Crippen molar-refractivity contribution in [1.82, 2.24) is 4.98 Å². The lowest BCUT2D eigenvalue weighted by Crippen LogP contribution is -2.17. The maximum Gasteiger partial charge on any atom is 0.136 e. The number of hydrogen-bond acceptors (Lipinski definition) is 4. The van der Waals surface area contributed by atoms with E-state index >= 15 is 0 Å². The van der Waals surface area contributed by atoms with Crippen molar-refractivity contribution in [3.63, 3.8) is 0 Å². The molecule has 0 aliphatic rings. The summed E-state index contributed by atoms with van der Waals surface area (Å²) >= 11 is 5.05. The summed E-state index contributed by atoms with van der Waals surface area (Å²) in [5.74, 6) is 1.67. The lowest BCUT2D eigenvalue weighted by Gasteiger charge is -2.11. The van der Waals surface area contributed by atoms with E-state index in [2.05, 4.69) is 10.3 Å². The summed E-state index contributed by atoms with van der Waals surface area (Å²) < 4.78 is 5.26. The Morgan fingerprint density at radius 1 is 1.50 bits per heavy atom. The molecular weight excluding hydrogens is 246 g/mol. The van der Waals surface area contributed by atoms with Crippen LogP contribution in [0.15, 0.2) is 35.1 Å². The molecule has 0 atom stereocenters. The minimum Gasteiger partial charge on any atom is -0.469 e. The van der Waals surface area contributed by atoms with E-state index in [9.17, 15) is 0 Å². The molecule has 0 radical (unpaired) electrons. The third kappa shape index (κ3) is 2.87. The number of nitrogens with one attached hydrogen (secondary N) is 1. The maximum absolute atomic E-state index is 5.71. The van der Waals surface area contributed by atoms with Gasteiger partial charge in [-0.3, -0.25) is 0 Å². The Hall–Kier alpha value is -1.88. The molecule has 0 spiro atoms. The van der Waals surface area contributed by atoms with Crippen LogP contribution < -0.4 is 11.1 Å². The van der Waals surface area contributed by atoms with Crippen molar-refractivity contribution in [2.24, 2.45) is 5.73 Å². The van der Waals surface area contributed by atoms with Crippen molar-refractivity contribution in [3.05, 3.63) is 47.5 Å². The molecule has 4 nitrogen and oxygen atoms in total. The molecule has 5 heteroatoms. The molecule has 2 rings (SSSR count). The Balaban J connectivity index is 2.05. The molecule has 0 fully saturated rings. The van der Waals surface area contributed by atoms with Gasteiger partial charge in [0.2, 0.25) is 0 Å². The molecule has 0 unspecified atom stereocenters. The number of hydrogen-bond donors (Lipinski definition) is 2. The molecule has 0 aliphatic carbocycles. The van der Waals surface area contributed by atoms with Gasteiger partial charge in [0.05, 0.1) is 11.8 Å². The summed E-state index contributed by atoms with van der Waals surface area (Å²) in [6.07, 6.45) is 4.20. The van der Waals surface area contributed by atoms with Crippen LogP contribution in [0.2, 0.25) is 0 Å². The summed E-state index contributed by atoms with van der Waals surface area (Å²) in [5, 5.41) is 3.24. The molecule has 0 aromatic carbocycles. The largest absolute Gasteiger partial charge is 0.469 e. The molecule has 0 saturated heterocycles. The van der Waals surface area contributed by atoms with Gasteiger partial charge in [0.15, 0.2) is 0 Å². The van der Waals surface area contributed by atoms with Crippen LogP contribution in [0, 0.1) is 6.92 Å². The van der Waals surface area contributed by atoms with Crippen LogP contribution in [0.25, 0.3) is 0 Å². The third-order valence-corrected chi connectivity index (χ3v) is 2.85. The number of rotatable bonds is 5. The molecule has 0 bridgehead atoms. The zero-order valence-corrected chi connectivity index (χ0v) is 11.0. The maximum atomic E-state index is 5.71. The summed E-state index contributed by atoms with van der Waals surface area (Å²) in [5.41, 5.74) is 7.55. The van der Waals surface area contributed by atoms with Crippen molar-refractivity contribution < 1.29 is 4.42 Å². The van der Waals surface area contributed by atoms with Gasteiger partial charge in [-0.15, -0.1) is 0 Å². The minimum atomic E-state index is 0.362. The highest BCUT2D eigenvalue weighted by atomic mass is 32.1. The van der Waals surface area contributed by atoms with Gasteiger partial charge in [-0.25, -0.2) is 4.98 Å². The van der Waals surface area contributed by atoms with Gasteiger partial charge < -0.3 is 15.5 Å². The zero-order valence-electron chi connectivity index (χ0n) is 10.1. The van der Waals surface area contributed by atoms with Crippen LogP contribution in [0.5, 0.6) is 0 Å². The van der Waals surface area contributed by atoms with Crippen molar-refractivity contribution in [2.45, 2.75) is 13.3 Å². The lowest BCUT2D eigenvalue weighted by molar-refractivity contribution is 0.513. The van der Waals surface area contributed by atoms with Crippen molar-refractivity contribution >= 4 is 23.0 Å². The monoisotopic (exact) mass is 261 g/mol. The van der Waals surface area contributed by atoms with E-state index in [1.54, 1.807) is 12.5 Å². The zero-order chi connectivity index (χ0) is 13.0. The van der Waals surface area contributed by atoms with Crippen LogP contribution in [0.3, 0.4) is 0 Å². The van der Waals surface area contributed by atoms with Crippen LogP contribution in [0.4, 0.5) is 5.82 Å². The molecule has 0 aliphatic heterocycles. The normalized spacial score (nSPS) is 10.3. The fourth-order valence-corrected chi connectivity index (χ4v) is 2.02. The Morgan fingerprint density at radius 2 is 2.33 bits per heavy atom. The number of nitrogens with two attached hydrogens (primary N) is 1. The number of furan rings is 1. The van der Waals surface area contributed by atoms with E-state index in [1.807, 2.05) is 25.1 Å². The highest BCUT2D eigenvalue weighted by Crippen LogP contribution is 2.16. The highest BCUT2D eigenvalue weighted by Gasteiger charge is 2.09. The number of aromatic nitrogens is 1. The quantitative estimate of drug-likeness (QED) is 0.808. The van der Waals surface area contributed by atoms with Gasteiger partial charge >= 0.3 is 0 Å². The number of aryl methyl sites for hydroxylation is 1. The first-order valence-electron chi connectivity index (χ1n) is 5.70. The summed E-state index contributed by atoms with van der Waals surface area (Å²) in [6.45, 7) is 2.69. The van der Waals surface area contributed by atoms with Crippen molar-refractivity contribution in [3.8, 4) is 0 Å². The Bertz CT molecular complexity index is 537. The topological polar surface area (TPSA) is 64.1 Å². The van der Waals surface area contributed by atoms with Gasteiger partial charge in [0, 0.05) is 19.2 Å². The van der Waals surface area contributed by atoms with Crippen molar-refractivity contribution in [1.29, 1.82) is 0 Å². The molecule has 18 heavy (non-hydrogen) atoms.